The second kappa shape index (κ2) is 9.49. The van der Waals surface area contributed by atoms with Gasteiger partial charge in [0, 0.05) is 45.5 Å². The number of nitrogens with zero attached hydrogens (tertiary/aromatic N) is 3. The molecule has 2 heterocycles. The smallest absolute Gasteiger partial charge is 0.193 e. The molecule has 0 bridgehead atoms. The number of halogens is 1. The average molecular weight is 442 g/mol. The van der Waals surface area contributed by atoms with Crippen LogP contribution >= 0.6 is 24.0 Å². The van der Waals surface area contributed by atoms with Gasteiger partial charge in [0.25, 0.3) is 0 Å². The van der Waals surface area contributed by atoms with Gasteiger partial charge in [0.1, 0.15) is 0 Å². The van der Waals surface area contributed by atoms with Crippen LogP contribution in [-0.4, -0.2) is 44.1 Å². The molecule has 0 radical (unpaired) electrons. The molecule has 134 valence electrons. The van der Waals surface area contributed by atoms with Crippen molar-refractivity contribution in [3.63, 3.8) is 0 Å². The van der Waals surface area contributed by atoms with Crippen LogP contribution in [0.2, 0.25) is 0 Å². The predicted octanol–water partition coefficient (Wildman–Crippen LogP) is 3.71. The van der Waals surface area contributed by atoms with Crippen LogP contribution in [0.25, 0.3) is 0 Å². The fourth-order valence-electron chi connectivity index (χ4n) is 3.53. The minimum absolute atomic E-state index is 0. The third-order valence-electron chi connectivity index (χ3n) is 5.15. The zero-order valence-electron chi connectivity index (χ0n) is 15.0. The number of nitrogens with one attached hydrogen (secondary N) is 1. The van der Waals surface area contributed by atoms with E-state index in [0.29, 0.717) is 0 Å². The number of piperidine rings is 1. The van der Waals surface area contributed by atoms with Crippen LogP contribution < -0.4 is 10.2 Å². The highest BCUT2D eigenvalue weighted by atomic mass is 127. The van der Waals surface area contributed by atoms with Gasteiger partial charge < -0.3 is 15.1 Å². The maximum Gasteiger partial charge on any atom is 0.193 e. The summed E-state index contributed by atoms with van der Waals surface area (Å²) < 4.78 is 0. The van der Waals surface area contributed by atoms with Crippen LogP contribution in [0, 0.1) is 5.92 Å². The molecule has 1 aromatic carbocycles. The topological polar surface area (TPSA) is 30.9 Å². The molecule has 0 unspecified atom stereocenters. The Morgan fingerprint density at radius 2 is 1.71 bits per heavy atom. The Labute approximate surface area is 163 Å². The number of rotatable bonds is 3. The molecule has 0 aliphatic carbocycles. The fourth-order valence-corrected chi connectivity index (χ4v) is 3.53. The third-order valence-corrected chi connectivity index (χ3v) is 5.15. The summed E-state index contributed by atoms with van der Waals surface area (Å²) in [6, 6.07) is 9.03. The number of hydrogen-bond acceptors (Lipinski definition) is 2. The molecule has 0 atom stereocenters. The van der Waals surface area contributed by atoms with E-state index in [1.54, 1.807) is 0 Å². The van der Waals surface area contributed by atoms with Gasteiger partial charge in [-0.05, 0) is 49.3 Å². The molecule has 2 saturated heterocycles. The van der Waals surface area contributed by atoms with Gasteiger partial charge in [0.2, 0.25) is 0 Å². The summed E-state index contributed by atoms with van der Waals surface area (Å²) in [6.07, 6.45) is 5.19. The molecule has 4 nitrogen and oxygen atoms in total. The number of likely N-dealkylation sites (tertiary alicyclic amines) is 1. The maximum absolute atomic E-state index is 4.41. The maximum atomic E-state index is 4.41. The Balaban J connectivity index is 0.00000208. The lowest BCUT2D eigenvalue weighted by atomic mass is 9.99. The largest absolute Gasteiger partial charge is 0.372 e. The molecule has 2 fully saturated rings. The van der Waals surface area contributed by atoms with Crippen LogP contribution in [0.4, 0.5) is 5.69 Å². The minimum Gasteiger partial charge on any atom is -0.372 e. The Kier molecular flexibility index (Phi) is 7.65. The van der Waals surface area contributed by atoms with Crippen molar-refractivity contribution in [2.24, 2.45) is 10.9 Å². The highest BCUT2D eigenvalue weighted by Gasteiger charge is 2.17. The zero-order valence-corrected chi connectivity index (χ0v) is 17.3. The number of aliphatic imine (C=N–C) groups is 1. The van der Waals surface area contributed by atoms with Gasteiger partial charge in [-0.1, -0.05) is 19.1 Å². The first-order valence-corrected chi connectivity index (χ1v) is 9.06. The first-order chi connectivity index (χ1) is 11.3. The highest BCUT2D eigenvalue weighted by molar-refractivity contribution is 14.0. The van der Waals surface area contributed by atoms with E-state index >= 15 is 0 Å². The van der Waals surface area contributed by atoms with Crippen molar-refractivity contribution < 1.29 is 0 Å². The van der Waals surface area contributed by atoms with Crippen molar-refractivity contribution in [3.8, 4) is 0 Å². The Hall–Kier alpha value is -0.980. The van der Waals surface area contributed by atoms with Crippen molar-refractivity contribution in [1.82, 2.24) is 10.2 Å². The standard InChI is InChI=1S/C19H30N4.HI/c1-16-9-13-22(14-10-16)18-7-5-17(6-8-18)15-21-19(20-2)23-11-3-4-12-23;/h5-8,16H,3-4,9-15H2,1-2H3,(H,20,21);1H. The summed E-state index contributed by atoms with van der Waals surface area (Å²) in [5, 5.41) is 3.49. The fraction of sp³-hybridized carbons (Fsp3) is 0.632. The lowest BCUT2D eigenvalue weighted by Gasteiger charge is -2.32. The molecule has 5 heteroatoms. The van der Waals surface area contributed by atoms with Crippen molar-refractivity contribution in [2.45, 2.75) is 39.2 Å². The van der Waals surface area contributed by atoms with Gasteiger partial charge in [-0.25, -0.2) is 0 Å². The van der Waals surface area contributed by atoms with Crippen LogP contribution in [0.5, 0.6) is 0 Å². The second-order valence-electron chi connectivity index (χ2n) is 6.93. The average Bonchev–Trinajstić information content (AvgIpc) is 3.11. The summed E-state index contributed by atoms with van der Waals surface area (Å²) in [7, 11) is 1.88. The molecule has 24 heavy (non-hydrogen) atoms. The number of anilines is 1. The SMILES string of the molecule is CN=C(NCc1ccc(N2CCC(C)CC2)cc1)N1CCCC1.I. The van der Waals surface area contributed by atoms with Gasteiger partial charge in [-0.2, -0.15) is 0 Å². The third kappa shape index (κ3) is 5.01. The normalized spacial score (nSPS) is 19.3. The second-order valence-corrected chi connectivity index (χ2v) is 6.93. The van der Waals surface area contributed by atoms with Crippen LogP contribution in [0.15, 0.2) is 29.3 Å². The molecule has 2 aliphatic rings. The summed E-state index contributed by atoms with van der Waals surface area (Å²) in [4.78, 5) is 9.27. The number of benzene rings is 1. The van der Waals surface area contributed by atoms with E-state index < -0.39 is 0 Å². The van der Waals surface area contributed by atoms with Gasteiger partial charge in [-0.15, -0.1) is 24.0 Å². The van der Waals surface area contributed by atoms with Gasteiger partial charge in [0.15, 0.2) is 5.96 Å². The van der Waals surface area contributed by atoms with E-state index in [2.05, 4.69) is 51.3 Å². The predicted molar refractivity (Wildman–Crippen MR) is 113 cm³/mol. The van der Waals surface area contributed by atoms with Gasteiger partial charge in [0.05, 0.1) is 0 Å². The first kappa shape index (κ1) is 19.3. The molecule has 0 spiro atoms. The molecule has 0 amide bonds. The lowest BCUT2D eigenvalue weighted by Crippen LogP contribution is -2.39. The molecule has 0 saturated carbocycles. The number of hydrogen-bond donors (Lipinski definition) is 1. The van der Waals surface area contributed by atoms with E-state index in [1.165, 1.54) is 50.0 Å². The molecule has 1 aromatic rings. The minimum atomic E-state index is 0. The van der Waals surface area contributed by atoms with Crippen LogP contribution in [-0.2, 0) is 6.54 Å². The Morgan fingerprint density at radius 1 is 1.08 bits per heavy atom. The lowest BCUT2D eigenvalue weighted by molar-refractivity contribution is 0.438. The Morgan fingerprint density at radius 3 is 2.29 bits per heavy atom. The first-order valence-electron chi connectivity index (χ1n) is 9.06. The van der Waals surface area contributed by atoms with E-state index in [9.17, 15) is 0 Å². The molecule has 3 rings (SSSR count). The van der Waals surface area contributed by atoms with E-state index in [-0.39, 0.29) is 24.0 Å². The molecule has 1 N–H and O–H groups in total. The summed E-state index contributed by atoms with van der Waals surface area (Å²) in [5.41, 5.74) is 2.68. The van der Waals surface area contributed by atoms with Crippen LogP contribution in [0.1, 0.15) is 38.2 Å². The summed E-state index contributed by atoms with van der Waals surface area (Å²) in [6.45, 7) is 7.86. The van der Waals surface area contributed by atoms with Gasteiger partial charge >= 0.3 is 0 Å². The molecule has 0 aromatic heterocycles. The quantitative estimate of drug-likeness (QED) is 0.440. The van der Waals surface area contributed by atoms with E-state index in [1.807, 2.05) is 7.05 Å². The molecular formula is C19H31IN4. The summed E-state index contributed by atoms with van der Waals surface area (Å²) in [5.74, 6) is 1.92. The monoisotopic (exact) mass is 442 g/mol. The van der Waals surface area contributed by atoms with Crippen molar-refractivity contribution in [2.75, 3.05) is 38.1 Å². The molecule has 2 aliphatic heterocycles. The van der Waals surface area contributed by atoms with E-state index in [0.717, 1.165) is 31.5 Å². The zero-order chi connectivity index (χ0) is 16.1. The van der Waals surface area contributed by atoms with Crippen molar-refractivity contribution in [3.05, 3.63) is 29.8 Å². The number of guanidine groups is 1. The van der Waals surface area contributed by atoms with Crippen molar-refractivity contribution >= 4 is 35.6 Å². The molecular weight excluding hydrogens is 411 g/mol. The summed E-state index contributed by atoms with van der Waals surface area (Å²) >= 11 is 0. The van der Waals surface area contributed by atoms with Gasteiger partial charge in [-0.3, -0.25) is 4.99 Å². The van der Waals surface area contributed by atoms with Crippen LogP contribution in [0.3, 0.4) is 0 Å². The van der Waals surface area contributed by atoms with E-state index in [4.69, 9.17) is 0 Å². The highest BCUT2D eigenvalue weighted by Crippen LogP contribution is 2.23. The van der Waals surface area contributed by atoms with Crippen molar-refractivity contribution in [1.29, 1.82) is 0 Å². The Bertz CT molecular complexity index is 515.